The second kappa shape index (κ2) is 34.2. The van der Waals surface area contributed by atoms with Crippen LogP contribution in [0.25, 0.3) is 0 Å². The SMILES string of the molecule is CC/C=C\C/C=C\C/C=C\C/C=C\C/C=C\C/C=C\C/C=C\CCCC(=O)OC(COCCCCCCCC)COC1OC(CO)C(O)C(O)C1O. The van der Waals surface area contributed by atoms with Crippen molar-refractivity contribution < 1.29 is 44.2 Å². The largest absolute Gasteiger partial charge is 0.457 e. The van der Waals surface area contributed by atoms with Gasteiger partial charge in [0, 0.05) is 13.0 Å². The molecule has 6 atom stereocenters. The minimum absolute atomic E-state index is 0.115. The highest BCUT2D eigenvalue weighted by Gasteiger charge is 2.44. The number of carbonyl (C=O) groups is 1. The molecule has 4 N–H and O–H groups in total. The molecule has 1 fully saturated rings. The van der Waals surface area contributed by atoms with E-state index in [1.54, 1.807) is 0 Å². The van der Waals surface area contributed by atoms with Crippen LogP contribution in [-0.2, 0) is 23.7 Å². The summed E-state index contributed by atoms with van der Waals surface area (Å²) in [6.45, 7) is 4.28. The van der Waals surface area contributed by atoms with E-state index in [4.69, 9.17) is 18.9 Å². The molecule has 0 aliphatic carbocycles. The monoisotopic (exact) mass is 731 g/mol. The fraction of sp³-hybridized carbons (Fsp3) is 0.651. The summed E-state index contributed by atoms with van der Waals surface area (Å²) < 4.78 is 22.5. The first kappa shape index (κ1) is 47.4. The van der Waals surface area contributed by atoms with Crippen LogP contribution in [0, 0.1) is 0 Å². The summed E-state index contributed by atoms with van der Waals surface area (Å²) in [6.07, 6.45) is 37.8. The van der Waals surface area contributed by atoms with Crippen LogP contribution < -0.4 is 0 Å². The molecule has 0 aromatic rings. The van der Waals surface area contributed by atoms with E-state index in [1.165, 1.54) is 19.3 Å². The Morgan fingerprint density at radius 3 is 1.69 bits per heavy atom. The highest BCUT2D eigenvalue weighted by atomic mass is 16.7. The zero-order valence-corrected chi connectivity index (χ0v) is 32.0. The van der Waals surface area contributed by atoms with Gasteiger partial charge in [-0.1, -0.05) is 131 Å². The van der Waals surface area contributed by atoms with Gasteiger partial charge >= 0.3 is 5.97 Å². The van der Waals surface area contributed by atoms with Gasteiger partial charge in [-0.2, -0.15) is 0 Å². The van der Waals surface area contributed by atoms with Gasteiger partial charge in [0.2, 0.25) is 0 Å². The Balaban J connectivity index is 2.30. The number of unbranched alkanes of at least 4 members (excludes halogenated alkanes) is 6. The van der Waals surface area contributed by atoms with Gasteiger partial charge in [-0.05, 0) is 64.2 Å². The van der Waals surface area contributed by atoms with Crippen molar-refractivity contribution in [3.63, 3.8) is 0 Å². The van der Waals surface area contributed by atoms with Gasteiger partial charge < -0.3 is 39.4 Å². The maximum absolute atomic E-state index is 12.6. The molecule has 1 aliphatic rings. The molecule has 52 heavy (non-hydrogen) atoms. The number of allylic oxidation sites excluding steroid dienone is 14. The van der Waals surface area contributed by atoms with Crippen molar-refractivity contribution in [2.75, 3.05) is 26.4 Å². The Labute approximate surface area is 314 Å². The fourth-order valence-electron chi connectivity index (χ4n) is 5.24. The standard InChI is InChI=1S/C43H70O9/c1-3-5-7-9-11-12-13-14-15-16-17-18-19-20-21-22-23-24-25-26-27-28-30-32-39(45)51-37(35-49-33-31-29-10-8-6-4-2)36-50-43-42(48)41(47)40(46)38(34-44)52-43/h5,7,11-12,14-15,17-18,20-21,23-24,26-27,37-38,40-44,46-48H,3-4,6,8-10,13,16,19,22,25,28-36H2,1-2H3/b7-5-,12-11-,15-14-,18-17-,21-20-,24-23-,27-26-. The molecule has 0 spiro atoms. The van der Waals surface area contributed by atoms with E-state index in [9.17, 15) is 25.2 Å². The summed E-state index contributed by atoms with van der Waals surface area (Å²) in [7, 11) is 0. The van der Waals surface area contributed by atoms with Crippen molar-refractivity contribution in [3.05, 3.63) is 85.1 Å². The normalized spacial score (nSPS) is 22.2. The molecule has 0 saturated carbocycles. The van der Waals surface area contributed by atoms with Gasteiger partial charge in [0.1, 0.15) is 30.5 Å². The Morgan fingerprint density at radius 2 is 1.15 bits per heavy atom. The van der Waals surface area contributed by atoms with Gasteiger partial charge in [0.05, 0.1) is 19.8 Å². The molecule has 9 heteroatoms. The van der Waals surface area contributed by atoms with E-state index in [0.717, 1.165) is 70.6 Å². The van der Waals surface area contributed by atoms with E-state index in [1.807, 2.05) is 0 Å². The maximum atomic E-state index is 12.6. The van der Waals surface area contributed by atoms with Crippen LogP contribution >= 0.6 is 0 Å². The third-order valence-electron chi connectivity index (χ3n) is 8.33. The smallest absolute Gasteiger partial charge is 0.306 e. The van der Waals surface area contributed by atoms with E-state index < -0.39 is 43.4 Å². The molecular weight excluding hydrogens is 660 g/mol. The molecule has 1 saturated heterocycles. The number of rotatable bonds is 31. The Bertz CT molecular complexity index is 1060. The molecule has 296 valence electrons. The van der Waals surface area contributed by atoms with E-state index >= 15 is 0 Å². The predicted octanol–water partition coefficient (Wildman–Crippen LogP) is 7.91. The lowest BCUT2D eigenvalue weighted by molar-refractivity contribution is -0.305. The molecule has 6 unspecified atom stereocenters. The van der Waals surface area contributed by atoms with Crippen molar-refractivity contribution in [2.45, 2.75) is 153 Å². The van der Waals surface area contributed by atoms with E-state index in [-0.39, 0.29) is 25.6 Å². The minimum Gasteiger partial charge on any atom is -0.457 e. The minimum atomic E-state index is -1.55. The summed E-state index contributed by atoms with van der Waals surface area (Å²) in [5.41, 5.74) is 0. The third-order valence-corrected chi connectivity index (χ3v) is 8.33. The maximum Gasteiger partial charge on any atom is 0.306 e. The first-order valence-corrected chi connectivity index (χ1v) is 19.7. The predicted molar refractivity (Wildman–Crippen MR) is 210 cm³/mol. The van der Waals surface area contributed by atoms with Crippen molar-refractivity contribution in [2.24, 2.45) is 0 Å². The van der Waals surface area contributed by atoms with E-state index in [2.05, 4.69) is 98.9 Å². The van der Waals surface area contributed by atoms with Gasteiger partial charge in [-0.15, -0.1) is 0 Å². The van der Waals surface area contributed by atoms with Gasteiger partial charge in [0.25, 0.3) is 0 Å². The first-order chi connectivity index (χ1) is 25.4. The van der Waals surface area contributed by atoms with Crippen molar-refractivity contribution >= 4 is 5.97 Å². The molecule has 0 bridgehead atoms. The number of aliphatic hydroxyl groups excluding tert-OH is 4. The molecular formula is C43H70O9. The third kappa shape index (κ3) is 25.4. The number of hydrogen-bond acceptors (Lipinski definition) is 9. The summed E-state index contributed by atoms with van der Waals surface area (Å²) >= 11 is 0. The Hall–Kier alpha value is -2.63. The van der Waals surface area contributed by atoms with Crippen LogP contribution in [0.4, 0.5) is 0 Å². The van der Waals surface area contributed by atoms with Crippen molar-refractivity contribution in [1.82, 2.24) is 0 Å². The number of ether oxygens (including phenoxy) is 4. The molecule has 1 heterocycles. The molecule has 0 aromatic heterocycles. The quantitative estimate of drug-likeness (QED) is 0.0319. The van der Waals surface area contributed by atoms with E-state index in [0.29, 0.717) is 13.0 Å². The average molecular weight is 731 g/mol. The van der Waals surface area contributed by atoms with Gasteiger partial charge in [-0.25, -0.2) is 0 Å². The number of aliphatic hydroxyl groups is 4. The zero-order chi connectivity index (χ0) is 37.9. The number of hydrogen-bond donors (Lipinski definition) is 4. The molecule has 0 amide bonds. The van der Waals surface area contributed by atoms with Gasteiger partial charge in [-0.3, -0.25) is 4.79 Å². The second-order valence-electron chi connectivity index (χ2n) is 13.0. The highest BCUT2D eigenvalue weighted by molar-refractivity contribution is 5.69. The Morgan fingerprint density at radius 1 is 0.635 bits per heavy atom. The first-order valence-electron chi connectivity index (χ1n) is 19.7. The lowest BCUT2D eigenvalue weighted by Gasteiger charge is -2.39. The van der Waals surface area contributed by atoms with Crippen LogP contribution in [0.1, 0.15) is 117 Å². The lowest BCUT2D eigenvalue weighted by atomic mass is 9.99. The van der Waals surface area contributed by atoms with Gasteiger partial charge in [0.15, 0.2) is 6.29 Å². The van der Waals surface area contributed by atoms with Crippen LogP contribution in [0.15, 0.2) is 85.1 Å². The summed E-state index contributed by atoms with van der Waals surface area (Å²) in [6, 6.07) is 0. The lowest BCUT2D eigenvalue weighted by Crippen LogP contribution is -2.59. The summed E-state index contributed by atoms with van der Waals surface area (Å²) in [5.74, 6) is -0.379. The number of carbonyl (C=O) groups excluding carboxylic acids is 1. The van der Waals surface area contributed by atoms with Crippen LogP contribution in [0.3, 0.4) is 0 Å². The average Bonchev–Trinajstić information content (AvgIpc) is 3.14. The topological polar surface area (TPSA) is 135 Å². The van der Waals surface area contributed by atoms with Crippen LogP contribution in [0.2, 0.25) is 0 Å². The highest BCUT2D eigenvalue weighted by Crippen LogP contribution is 2.22. The molecule has 0 radical (unpaired) electrons. The summed E-state index contributed by atoms with van der Waals surface area (Å²) in [4.78, 5) is 12.6. The molecule has 9 nitrogen and oxygen atoms in total. The second-order valence-corrected chi connectivity index (χ2v) is 13.0. The summed E-state index contributed by atoms with van der Waals surface area (Å²) in [5, 5.41) is 39.8. The number of esters is 1. The van der Waals surface area contributed by atoms with Crippen molar-refractivity contribution in [3.8, 4) is 0 Å². The fourth-order valence-corrected chi connectivity index (χ4v) is 5.24. The molecule has 1 aliphatic heterocycles. The molecule has 0 aromatic carbocycles. The van der Waals surface area contributed by atoms with Crippen LogP contribution in [0.5, 0.6) is 0 Å². The molecule has 1 rings (SSSR count). The van der Waals surface area contributed by atoms with Crippen LogP contribution in [-0.4, -0.2) is 89.6 Å². The van der Waals surface area contributed by atoms with Crippen molar-refractivity contribution in [1.29, 1.82) is 0 Å². The Kier molecular flexibility index (Phi) is 31.1. The zero-order valence-electron chi connectivity index (χ0n) is 32.0.